The van der Waals surface area contributed by atoms with Gasteiger partial charge in [-0.05, 0) is 24.1 Å². The van der Waals surface area contributed by atoms with Crippen molar-refractivity contribution in [2.45, 2.75) is 6.42 Å². The Bertz CT molecular complexity index is 457. The molecule has 1 N–H and O–H groups in total. The molecule has 18 heavy (non-hydrogen) atoms. The molecule has 0 atom stereocenters. The Morgan fingerprint density at radius 1 is 1.50 bits per heavy atom. The Labute approximate surface area is 106 Å². The number of hydrogen-bond donors (Lipinski definition) is 1. The fraction of sp³-hybridized carbons (Fsp3) is 0.308. The van der Waals surface area contributed by atoms with Crippen molar-refractivity contribution in [1.29, 1.82) is 0 Å². The van der Waals surface area contributed by atoms with Crippen LogP contribution in [0.25, 0.3) is 6.08 Å². The van der Waals surface area contributed by atoms with Gasteiger partial charge >= 0.3 is 0 Å². The summed E-state index contributed by atoms with van der Waals surface area (Å²) in [6.07, 6.45) is 7.34. The lowest BCUT2D eigenvalue weighted by Gasteiger charge is -2.16. The molecule has 2 heterocycles. The van der Waals surface area contributed by atoms with Crippen molar-refractivity contribution in [1.82, 2.24) is 15.2 Å². The second kappa shape index (κ2) is 5.95. The average molecular weight is 245 g/mol. The van der Waals surface area contributed by atoms with Gasteiger partial charge in [-0.3, -0.25) is 14.6 Å². The number of rotatable bonds is 2. The van der Waals surface area contributed by atoms with E-state index in [4.69, 9.17) is 0 Å². The zero-order valence-electron chi connectivity index (χ0n) is 10.0. The number of carbonyl (C=O) groups excluding carboxylic acids is 2. The van der Waals surface area contributed by atoms with Crippen LogP contribution in [0.3, 0.4) is 0 Å². The van der Waals surface area contributed by atoms with E-state index in [9.17, 15) is 9.59 Å². The highest BCUT2D eigenvalue weighted by molar-refractivity contribution is 5.94. The van der Waals surface area contributed by atoms with Gasteiger partial charge in [0.15, 0.2) is 0 Å². The lowest BCUT2D eigenvalue weighted by molar-refractivity contribution is -0.131. The van der Waals surface area contributed by atoms with Crippen LogP contribution in [0.1, 0.15) is 12.0 Å². The van der Waals surface area contributed by atoms with Crippen LogP contribution < -0.4 is 5.32 Å². The number of amides is 2. The minimum Gasteiger partial charge on any atom is -0.354 e. The first kappa shape index (κ1) is 12.3. The van der Waals surface area contributed by atoms with E-state index in [2.05, 4.69) is 10.3 Å². The SMILES string of the molecule is O=C1CN(C(=O)C=Cc2cccnc2)CCCN1. The van der Waals surface area contributed by atoms with Crippen LogP contribution in [0.4, 0.5) is 0 Å². The van der Waals surface area contributed by atoms with Crippen molar-refractivity contribution < 1.29 is 9.59 Å². The van der Waals surface area contributed by atoms with Crippen LogP contribution in [0.15, 0.2) is 30.6 Å². The molecule has 1 aliphatic rings. The monoisotopic (exact) mass is 245 g/mol. The standard InChI is InChI=1S/C13H15N3O2/c17-12-10-16(8-2-7-15-12)13(18)5-4-11-3-1-6-14-9-11/h1,3-6,9H,2,7-8,10H2,(H,15,17). The summed E-state index contributed by atoms with van der Waals surface area (Å²) in [7, 11) is 0. The quantitative estimate of drug-likeness (QED) is 0.769. The van der Waals surface area contributed by atoms with Gasteiger partial charge in [0.1, 0.15) is 0 Å². The molecule has 5 nitrogen and oxygen atoms in total. The summed E-state index contributed by atoms with van der Waals surface area (Å²) in [6.45, 7) is 1.38. The second-order valence-corrected chi connectivity index (χ2v) is 4.08. The predicted molar refractivity (Wildman–Crippen MR) is 67.5 cm³/mol. The molecule has 1 aliphatic heterocycles. The molecule has 0 aliphatic carbocycles. The summed E-state index contributed by atoms with van der Waals surface area (Å²) >= 11 is 0. The topological polar surface area (TPSA) is 62.3 Å². The van der Waals surface area contributed by atoms with Gasteiger partial charge in [-0.15, -0.1) is 0 Å². The fourth-order valence-electron chi connectivity index (χ4n) is 1.74. The molecule has 0 bridgehead atoms. The molecular weight excluding hydrogens is 230 g/mol. The van der Waals surface area contributed by atoms with Crippen molar-refractivity contribution in [3.05, 3.63) is 36.2 Å². The molecular formula is C13H15N3O2. The first-order chi connectivity index (χ1) is 8.75. The Morgan fingerprint density at radius 3 is 3.17 bits per heavy atom. The summed E-state index contributed by atoms with van der Waals surface area (Å²) in [4.78, 5) is 28.8. The van der Waals surface area contributed by atoms with E-state index >= 15 is 0 Å². The number of aromatic nitrogens is 1. The van der Waals surface area contributed by atoms with Crippen LogP contribution in [0.5, 0.6) is 0 Å². The van der Waals surface area contributed by atoms with Gasteiger partial charge in [0.05, 0.1) is 6.54 Å². The molecule has 1 aromatic rings. The van der Waals surface area contributed by atoms with E-state index in [1.165, 1.54) is 6.08 Å². The van der Waals surface area contributed by atoms with Crippen LogP contribution in [-0.2, 0) is 9.59 Å². The second-order valence-electron chi connectivity index (χ2n) is 4.08. The number of nitrogens with zero attached hydrogens (tertiary/aromatic N) is 2. The number of carbonyl (C=O) groups is 2. The molecule has 2 rings (SSSR count). The molecule has 0 radical (unpaired) electrons. The number of nitrogens with one attached hydrogen (secondary N) is 1. The molecule has 0 spiro atoms. The number of hydrogen-bond acceptors (Lipinski definition) is 3. The Morgan fingerprint density at radius 2 is 2.39 bits per heavy atom. The maximum atomic E-state index is 11.9. The highest BCUT2D eigenvalue weighted by atomic mass is 16.2. The maximum absolute atomic E-state index is 11.9. The third-order valence-corrected chi connectivity index (χ3v) is 2.68. The fourth-order valence-corrected chi connectivity index (χ4v) is 1.74. The van der Waals surface area contributed by atoms with E-state index < -0.39 is 0 Å². The van der Waals surface area contributed by atoms with E-state index in [1.807, 2.05) is 12.1 Å². The molecule has 1 fully saturated rings. The zero-order valence-corrected chi connectivity index (χ0v) is 10.0. The maximum Gasteiger partial charge on any atom is 0.247 e. The van der Waals surface area contributed by atoms with Crippen molar-refractivity contribution in [3.8, 4) is 0 Å². The molecule has 0 aromatic carbocycles. The van der Waals surface area contributed by atoms with Gasteiger partial charge in [0.2, 0.25) is 11.8 Å². The minimum absolute atomic E-state index is 0.101. The molecule has 94 valence electrons. The number of pyridine rings is 1. The van der Waals surface area contributed by atoms with Crippen LogP contribution in [-0.4, -0.2) is 41.3 Å². The highest BCUT2D eigenvalue weighted by Gasteiger charge is 2.17. The van der Waals surface area contributed by atoms with Crippen LogP contribution in [0, 0.1) is 0 Å². The minimum atomic E-state index is -0.143. The largest absolute Gasteiger partial charge is 0.354 e. The van der Waals surface area contributed by atoms with Crippen molar-refractivity contribution in [3.63, 3.8) is 0 Å². The smallest absolute Gasteiger partial charge is 0.247 e. The zero-order chi connectivity index (χ0) is 12.8. The van der Waals surface area contributed by atoms with Gasteiger partial charge < -0.3 is 10.2 Å². The summed E-state index contributed by atoms with van der Waals surface area (Å²) in [5.74, 6) is -0.244. The van der Waals surface area contributed by atoms with Crippen LogP contribution >= 0.6 is 0 Å². The Kier molecular flexibility index (Phi) is 4.06. The van der Waals surface area contributed by atoms with Gasteiger partial charge in [0.25, 0.3) is 0 Å². The summed E-state index contributed by atoms with van der Waals surface area (Å²) < 4.78 is 0. The van der Waals surface area contributed by atoms with E-state index in [0.717, 1.165) is 12.0 Å². The van der Waals surface area contributed by atoms with E-state index in [-0.39, 0.29) is 18.4 Å². The van der Waals surface area contributed by atoms with Crippen molar-refractivity contribution >= 4 is 17.9 Å². The molecule has 5 heteroatoms. The van der Waals surface area contributed by atoms with Gasteiger partial charge in [0, 0.05) is 31.6 Å². The normalized spacial score (nSPS) is 16.4. The van der Waals surface area contributed by atoms with Gasteiger partial charge in [-0.1, -0.05) is 6.07 Å². The van der Waals surface area contributed by atoms with Gasteiger partial charge in [-0.25, -0.2) is 0 Å². The lowest BCUT2D eigenvalue weighted by atomic mass is 10.2. The average Bonchev–Trinajstić information content (AvgIpc) is 2.62. The third-order valence-electron chi connectivity index (χ3n) is 2.68. The van der Waals surface area contributed by atoms with Crippen molar-refractivity contribution in [2.75, 3.05) is 19.6 Å². The molecule has 1 saturated heterocycles. The Balaban J connectivity index is 1.98. The molecule has 0 saturated carbocycles. The highest BCUT2D eigenvalue weighted by Crippen LogP contribution is 2.02. The first-order valence-corrected chi connectivity index (χ1v) is 5.89. The van der Waals surface area contributed by atoms with Gasteiger partial charge in [-0.2, -0.15) is 0 Å². The third kappa shape index (κ3) is 3.41. The Hall–Kier alpha value is -2.17. The predicted octanol–water partition coefficient (Wildman–Crippen LogP) is 0.443. The van der Waals surface area contributed by atoms with Crippen molar-refractivity contribution in [2.24, 2.45) is 0 Å². The summed E-state index contributed by atoms with van der Waals surface area (Å²) in [5.41, 5.74) is 0.866. The molecule has 2 amide bonds. The summed E-state index contributed by atoms with van der Waals surface area (Å²) in [5, 5.41) is 2.74. The molecule has 1 aromatic heterocycles. The first-order valence-electron chi connectivity index (χ1n) is 5.89. The lowest BCUT2D eigenvalue weighted by Crippen LogP contribution is -2.36. The van der Waals surface area contributed by atoms with E-state index in [1.54, 1.807) is 23.4 Å². The van der Waals surface area contributed by atoms with Crippen LogP contribution in [0.2, 0.25) is 0 Å². The summed E-state index contributed by atoms with van der Waals surface area (Å²) in [6, 6.07) is 3.68. The van der Waals surface area contributed by atoms with E-state index in [0.29, 0.717) is 13.1 Å². The molecule has 0 unspecified atom stereocenters.